The second kappa shape index (κ2) is 7.56. The lowest BCUT2D eigenvalue weighted by Crippen LogP contribution is -2.34. The summed E-state index contributed by atoms with van der Waals surface area (Å²) in [6.45, 7) is 2.02. The Hall–Kier alpha value is -3.39. The van der Waals surface area contributed by atoms with E-state index in [1.165, 1.54) is 0 Å². The van der Waals surface area contributed by atoms with Crippen molar-refractivity contribution < 1.29 is 4.74 Å². The van der Waals surface area contributed by atoms with Gasteiger partial charge in [0.25, 0.3) is 0 Å². The third kappa shape index (κ3) is 3.66. The van der Waals surface area contributed by atoms with Gasteiger partial charge in [0.05, 0.1) is 18.1 Å². The zero-order chi connectivity index (χ0) is 19.6. The minimum Gasteiger partial charge on any atom is -0.490 e. The first-order valence-corrected chi connectivity index (χ1v) is 9.82. The zero-order valence-corrected chi connectivity index (χ0v) is 16.2. The second-order valence-corrected chi connectivity index (χ2v) is 7.24. The molecule has 1 aromatic carbocycles. The van der Waals surface area contributed by atoms with Crippen LogP contribution in [0.25, 0.3) is 16.9 Å². The standard InChI is InChI=1S/C21H23N7O/c1-27-14-15(12-25-27)19-13-24-21-20(23-9-10-28(19)21)26-16-3-2-4-18(11-16)29-17-5-7-22-8-6-17/h2-4,9-14,17,22H,5-8H2,1H3,(H,23,26). The highest BCUT2D eigenvalue weighted by Gasteiger charge is 2.15. The number of rotatable bonds is 5. The molecule has 1 aliphatic rings. The van der Waals surface area contributed by atoms with E-state index in [-0.39, 0.29) is 6.10 Å². The number of aromatic nitrogens is 5. The van der Waals surface area contributed by atoms with E-state index >= 15 is 0 Å². The van der Waals surface area contributed by atoms with Crippen molar-refractivity contribution in [3.8, 4) is 17.0 Å². The molecule has 1 aliphatic heterocycles. The predicted octanol–water partition coefficient (Wildman–Crippen LogP) is 3.00. The molecule has 8 nitrogen and oxygen atoms in total. The van der Waals surface area contributed by atoms with E-state index in [9.17, 15) is 0 Å². The number of anilines is 2. The molecule has 0 bridgehead atoms. The molecule has 3 aromatic heterocycles. The van der Waals surface area contributed by atoms with Crippen molar-refractivity contribution in [3.05, 3.63) is 55.2 Å². The van der Waals surface area contributed by atoms with Gasteiger partial charge in [-0.2, -0.15) is 5.10 Å². The van der Waals surface area contributed by atoms with Gasteiger partial charge in [-0.1, -0.05) is 6.07 Å². The molecule has 0 amide bonds. The fourth-order valence-electron chi connectivity index (χ4n) is 3.66. The van der Waals surface area contributed by atoms with Gasteiger partial charge in [-0.25, -0.2) is 9.97 Å². The first-order valence-electron chi connectivity index (χ1n) is 9.82. The topological polar surface area (TPSA) is 81.3 Å². The third-order valence-corrected chi connectivity index (χ3v) is 5.11. The third-order valence-electron chi connectivity index (χ3n) is 5.11. The lowest BCUT2D eigenvalue weighted by Gasteiger charge is -2.24. The summed E-state index contributed by atoms with van der Waals surface area (Å²) in [7, 11) is 1.90. The first-order chi connectivity index (χ1) is 14.3. The Morgan fingerprint density at radius 1 is 1.17 bits per heavy atom. The van der Waals surface area contributed by atoms with E-state index in [2.05, 4.69) is 25.7 Å². The van der Waals surface area contributed by atoms with Crippen LogP contribution in [-0.2, 0) is 7.05 Å². The smallest absolute Gasteiger partial charge is 0.180 e. The summed E-state index contributed by atoms with van der Waals surface area (Å²) in [5.74, 6) is 1.56. The van der Waals surface area contributed by atoms with Crippen LogP contribution in [0.4, 0.5) is 11.5 Å². The average molecular weight is 389 g/mol. The highest BCUT2D eigenvalue weighted by Crippen LogP contribution is 2.27. The lowest BCUT2D eigenvalue weighted by molar-refractivity contribution is 0.162. The summed E-state index contributed by atoms with van der Waals surface area (Å²) >= 11 is 0. The highest BCUT2D eigenvalue weighted by molar-refractivity contribution is 5.74. The van der Waals surface area contributed by atoms with Crippen molar-refractivity contribution in [2.24, 2.45) is 7.05 Å². The summed E-state index contributed by atoms with van der Waals surface area (Å²) in [6.07, 6.45) is 11.7. The number of imidazole rings is 1. The van der Waals surface area contributed by atoms with E-state index < -0.39 is 0 Å². The molecule has 0 aliphatic carbocycles. The largest absolute Gasteiger partial charge is 0.490 e. The van der Waals surface area contributed by atoms with E-state index in [0.717, 1.165) is 54.3 Å². The minimum absolute atomic E-state index is 0.266. The van der Waals surface area contributed by atoms with Crippen LogP contribution in [0.2, 0.25) is 0 Å². The van der Waals surface area contributed by atoms with Gasteiger partial charge < -0.3 is 15.4 Å². The Kier molecular flexibility index (Phi) is 4.61. The number of ether oxygens (including phenoxy) is 1. The van der Waals surface area contributed by atoms with Crippen LogP contribution in [0.1, 0.15) is 12.8 Å². The molecule has 0 radical (unpaired) electrons. The van der Waals surface area contributed by atoms with E-state index in [4.69, 9.17) is 4.74 Å². The van der Waals surface area contributed by atoms with Crippen molar-refractivity contribution in [3.63, 3.8) is 0 Å². The van der Waals surface area contributed by atoms with Crippen LogP contribution in [-0.4, -0.2) is 43.3 Å². The molecule has 0 unspecified atom stereocenters. The van der Waals surface area contributed by atoms with E-state index in [0.29, 0.717) is 5.82 Å². The fraction of sp³-hybridized carbons (Fsp3) is 0.286. The fourth-order valence-corrected chi connectivity index (χ4v) is 3.66. The zero-order valence-electron chi connectivity index (χ0n) is 16.2. The van der Waals surface area contributed by atoms with Gasteiger partial charge in [0.2, 0.25) is 0 Å². The maximum absolute atomic E-state index is 6.15. The molecule has 4 heterocycles. The van der Waals surface area contributed by atoms with Crippen LogP contribution < -0.4 is 15.4 Å². The number of benzene rings is 1. The molecule has 0 saturated carbocycles. The van der Waals surface area contributed by atoms with Gasteiger partial charge in [-0.05, 0) is 38.1 Å². The number of piperidine rings is 1. The molecule has 5 rings (SSSR count). The quantitative estimate of drug-likeness (QED) is 0.546. The van der Waals surface area contributed by atoms with Gasteiger partial charge in [0.15, 0.2) is 11.5 Å². The van der Waals surface area contributed by atoms with Gasteiger partial charge in [0, 0.05) is 43.0 Å². The van der Waals surface area contributed by atoms with E-state index in [1.54, 1.807) is 10.9 Å². The molecular formula is C21H23N7O. The molecule has 148 valence electrons. The van der Waals surface area contributed by atoms with Crippen LogP contribution >= 0.6 is 0 Å². The Morgan fingerprint density at radius 2 is 2.07 bits per heavy atom. The van der Waals surface area contributed by atoms with Crippen molar-refractivity contribution in [1.29, 1.82) is 0 Å². The molecule has 8 heteroatoms. The van der Waals surface area contributed by atoms with Crippen LogP contribution in [0.15, 0.2) is 55.2 Å². The Labute approximate surface area is 168 Å². The van der Waals surface area contributed by atoms with Crippen molar-refractivity contribution >= 4 is 17.2 Å². The van der Waals surface area contributed by atoms with Gasteiger partial charge in [-0.3, -0.25) is 9.08 Å². The predicted molar refractivity (Wildman–Crippen MR) is 111 cm³/mol. The summed E-state index contributed by atoms with van der Waals surface area (Å²) in [5, 5.41) is 11.0. The highest BCUT2D eigenvalue weighted by atomic mass is 16.5. The number of hydrogen-bond donors (Lipinski definition) is 2. The number of fused-ring (bicyclic) bond motifs is 1. The number of nitrogens with one attached hydrogen (secondary N) is 2. The SMILES string of the molecule is Cn1cc(-c2cnc3c(Nc4cccc(OC5CCNCC5)c4)nccn23)cn1. The molecule has 1 fully saturated rings. The Morgan fingerprint density at radius 3 is 2.90 bits per heavy atom. The second-order valence-electron chi connectivity index (χ2n) is 7.24. The molecule has 0 spiro atoms. The van der Waals surface area contributed by atoms with Gasteiger partial charge in [0.1, 0.15) is 11.9 Å². The normalized spacial score (nSPS) is 14.9. The summed E-state index contributed by atoms with van der Waals surface area (Å²) in [5.41, 5.74) is 3.66. The van der Waals surface area contributed by atoms with E-state index in [1.807, 2.05) is 60.5 Å². The van der Waals surface area contributed by atoms with Crippen molar-refractivity contribution in [1.82, 2.24) is 29.5 Å². The van der Waals surface area contributed by atoms with Crippen LogP contribution in [0, 0.1) is 0 Å². The minimum atomic E-state index is 0.266. The summed E-state index contributed by atoms with van der Waals surface area (Å²) in [6, 6.07) is 8.01. The average Bonchev–Trinajstić information content (AvgIpc) is 3.36. The molecule has 2 N–H and O–H groups in total. The number of hydrogen-bond acceptors (Lipinski definition) is 6. The van der Waals surface area contributed by atoms with Crippen molar-refractivity contribution in [2.45, 2.75) is 18.9 Å². The number of nitrogens with zero attached hydrogens (tertiary/aromatic N) is 5. The maximum atomic E-state index is 6.15. The van der Waals surface area contributed by atoms with Gasteiger partial charge >= 0.3 is 0 Å². The monoisotopic (exact) mass is 389 g/mol. The molecular weight excluding hydrogens is 366 g/mol. The Bertz CT molecular complexity index is 1130. The molecule has 29 heavy (non-hydrogen) atoms. The Balaban J connectivity index is 1.40. The van der Waals surface area contributed by atoms with Crippen LogP contribution in [0.3, 0.4) is 0 Å². The molecule has 4 aromatic rings. The van der Waals surface area contributed by atoms with Gasteiger partial charge in [-0.15, -0.1) is 0 Å². The molecule has 0 atom stereocenters. The number of aryl methyl sites for hydroxylation is 1. The summed E-state index contributed by atoms with van der Waals surface area (Å²) < 4.78 is 9.95. The van der Waals surface area contributed by atoms with Crippen LogP contribution in [0.5, 0.6) is 5.75 Å². The first kappa shape index (κ1) is 17.7. The maximum Gasteiger partial charge on any atom is 0.180 e. The lowest BCUT2D eigenvalue weighted by atomic mass is 10.1. The summed E-state index contributed by atoms with van der Waals surface area (Å²) in [4.78, 5) is 9.07. The van der Waals surface area contributed by atoms with Crippen molar-refractivity contribution in [2.75, 3.05) is 18.4 Å². The molecule has 1 saturated heterocycles.